The maximum atomic E-state index is 12.2. The largest absolute Gasteiger partial charge is 0.493 e. The molecule has 128 valence electrons. The number of halogens is 1. The van der Waals surface area contributed by atoms with Gasteiger partial charge in [0.2, 0.25) is 5.13 Å². The maximum Gasteiger partial charge on any atom is 0.259 e. The summed E-state index contributed by atoms with van der Waals surface area (Å²) in [4.78, 5) is 12.2. The van der Waals surface area contributed by atoms with Gasteiger partial charge in [0, 0.05) is 6.42 Å². The van der Waals surface area contributed by atoms with Crippen LogP contribution in [0.1, 0.15) is 20.9 Å². The standard InChI is InChI=1S/C18H16ClN3O2S/c1-12-5-4-6-13(11-12)24-10-9-16-21-22-18(25-16)20-17(23)14-7-2-3-8-15(14)19/h2-8,11H,9-10H2,1H3,(H,20,22,23). The second-order valence-corrected chi connectivity index (χ2v) is 6.82. The van der Waals surface area contributed by atoms with Gasteiger partial charge >= 0.3 is 0 Å². The minimum absolute atomic E-state index is 0.302. The molecule has 3 rings (SSSR count). The summed E-state index contributed by atoms with van der Waals surface area (Å²) in [6.07, 6.45) is 0.619. The Morgan fingerprint density at radius 1 is 1.20 bits per heavy atom. The van der Waals surface area contributed by atoms with Gasteiger partial charge in [-0.1, -0.05) is 47.2 Å². The number of anilines is 1. The molecule has 0 atom stereocenters. The zero-order chi connectivity index (χ0) is 17.6. The van der Waals surface area contributed by atoms with Gasteiger partial charge in [-0.25, -0.2) is 0 Å². The van der Waals surface area contributed by atoms with Gasteiger partial charge in [-0.05, 0) is 36.8 Å². The summed E-state index contributed by atoms with van der Waals surface area (Å²) in [5.74, 6) is 0.529. The van der Waals surface area contributed by atoms with E-state index in [1.165, 1.54) is 11.3 Å². The number of ether oxygens (including phenoxy) is 1. The number of nitrogens with zero attached hydrogens (tertiary/aromatic N) is 2. The van der Waals surface area contributed by atoms with Crippen molar-refractivity contribution < 1.29 is 9.53 Å². The second kappa shape index (κ2) is 8.09. The molecule has 0 spiro atoms. The van der Waals surface area contributed by atoms with Gasteiger partial charge in [0.1, 0.15) is 10.8 Å². The Balaban J connectivity index is 1.54. The number of benzene rings is 2. The molecule has 1 aromatic heterocycles. The molecule has 0 unspecified atom stereocenters. The van der Waals surface area contributed by atoms with E-state index in [1.807, 2.05) is 31.2 Å². The molecule has 0 aliphatic carbocycles. The van der Waals surface area contributed by atoms with E-state index in [9.17, 15) is 4.79 Å². The Labute approximate surface area is 154 Å². The van der Waals surface area contributed by atoms with E-state index >= 15 is 0 Å². The quantitative estimate of drug-likeness (QED) is 0.696. The minimum atomic E-state index is -0.302. The molecule has 1 amide bonds. The molecular weight excluding hydrogens is 358 g/mol. The van der Waals surface area contributed by atoms with Crippen LogP contribution in [0.3, 0.4) is 0 Å². The molecule has 25 heavy (non-hydrogen) atoms. The molecule has 1 heterocycles. The number of hydrogen-bond donors (Lipinski definition) is 1. The van der Waals surface area contributed by atoms with Gasteiger partial charge in [-0.15, -0.1) is 10.2 Å². The van der Waals surface area contributed by atoms with E-state index < -0.39 is 0 Å². The summed E-state index contributed by atoms with van der Waals surface area (Å²) >= 11 is 7.34. The number of rotatable bonds is 6. The van der Waals surface area contributed by atoms with Gasteiger partial charge in [-0.2, -0.15) is 0 Å². The summed E-state index contributed by atoms with van der Waals surface area (Å²) in [7, 11) is 0. The zero-order valence-corrected chi connectivity index (χ0v) is 15.1. The average molecular weight is 374 g/mol. The van der Waals surface area contributed by atoms with Crippen molar-refractivity contribution in [1.29, 1.82) is 0 Å². The average Bonchev–Trinajstić information content (AvgIpc) is 3.02. The monoisotopic (exact) mass is 373 g/mol. The molecule has 5 nitrogen and oxygen atoms in total. The van der Waals surface area contributed by atoms with E-state index in [4.69, 9.17) is 16.3 Å². The van der Waals surface area contributed by atoms with Crippen molar-refractivity contribution >= 4 is 34.0 Å². The minimum Gasteiger partial charge on any atom is -0.493 e. The normalized spacial score (nSPS) is 10.5. The van der Waals surface area contributed by atoms with Gasteiger partial charge in [-0.3, -0.25) is 10.1 Å². The van der Waals surface area contributed by atoms with Crippen LogP contribution in [0.2, 0.25) is 5.02 Å². The number of carbonyl (C=O) groups is 1. The molecule has 0 aliphatic rings. The van der Waals surface area contributed by atoms with Crippen LogP contribution in [0.25, 0.3) is 0 Å². The molecule has 2 aromatic carbocycles. The van der Waals surface area contributed by atoms with Crippen LogP contribution in [0, 0.1) is 6.92 Å². The van der Waals surface area contributed by atoms with Crippen molar-refractivity contribution in [3.05, 3.63) is 69.7 Å². The Kier molecular flexibility index (Phi) is 5.63. The fraction of sp³-hybridized carbons (Fsp3) is 0.167. The van der Waals surface area contributed by atoms with Crippen LogP contribution < -0.4 is 10.1 Å². The molecule has 0 saturated carbocycles. The molecule has 3 aromatic rings. The van der Waals surface area contributed by atoms with E-state index in [-0.39, 0.29) is 5.91 Å². The predicted octanol–water partition coefficient (Wildman–Crippen LogP) is 4.37. The highest BCUT2D eigenvalue weighted by atomic mass is 35.5. The first kappa shape index (κ1) is 17.4. The van der Waals surface area contributed by atoms with Crippen LogP contribution >= 0.6 is 22.9 Å². The molecule has 0 aliphatic heterocycles. The fourth-order valence-electron chi connectivity index (χ4n) is 2.18. The summed E-state index contributed by atoms with van der Waals surface area (Å²) < 4.78 is 5.70. The van der Waals surface area contributed by atoms with Crippen molar-refractivity contribution in [3.8, 4) is 5.75 Å². The topological polar surface area (TPSA) is 64.1 Å². The summed E-state index contributed by atoms with van der Waals surface area (Å²) in [6, 6.07) is 14.7. The van der Waals surface area contributed by atoms with Crippen LogP contribution in [0.4, 0.5) is 5.13 Å². The highest BCUT2D eigenvalue weighted by Crippen LogP contribution is 2.20. The van der Waals surface area contributed by atoms with Crippen LogP contribution in [-0.2, 0) is 6.42 Å². The SMILES string of the molecule is Cc1cccc(OCCc2nnc(NC(=O)c3ccccc3Cl)s2)c1. The predicted molar refractivity (Wildman–Crippen MR) is 99.7 cm³/mol. The van der Waals surface area contributed by atoms with Crippen molar-refractivity contribution in [2.45, 2.75) is 13.3 Å². The van der Waals surface area contributed by atoms with Gasteiger partial charge in [0.15, 0.2) is 0 Å². The van der Waals surface area contributed by atoms with Crippen LogP contribution in [0.5, 0.6) is 5.75 Å². The lowest BCUT2D eigenvalue weighted by atomic mass is 10.2. The first-order valence-electron chi connectivity index (χ1n) is 7.69. The molecular formula is C18H16ClN3O2S. The van der Waals surface area contributed by atoms with Crippen molar-refractivity contribution in [2.24, 2.45) is 0 Å². The maximum absolute atomic E-state index is 12.2. The number of hydrogen-bond acceptors (Lipinski definition) is 5. The third-order valence-corrected chi connectivity index (χ3v) is 4.61. The summed E-state index contributed by atoms with van der Waals surface area (Å²) in [5, 5.41) is 12.4. The second-order valence-electron chi connectivity index (χ2n) is 5.35. The number of aryl methyl sites for hydroxylation is 1. The van der Waals surface area contributed by atoms with Crippen molar-refractivity contribution in [1.82, 2.24) is 10.2 Å². The Morgan fingerprint density at radius 3 is 2.84 bits per heavy atom. The number of amides is 1. The molecule has 0 fully saturated rings. The lowest BCUT2D eigenvalue weighted by Gasteiger charge is -2.05. The Morgan fingerprint density at radius 2 is 2.04 bits per heavy atom. The lowest BCUT2D eigenvalue weighted by molar-refractivity contribution is 0.102. The van der Waals surface area contributed by atoms with Crippen molar-refractivity contribution in [3.63, 3.8) is 0 Å². The highest BCUT2D eigenvalue weighted by molar-refractivity contribution is 7.15. The van der Waals surface area contributed by atoms with Crippen molar-refractivity contribution in [2.75, 3.05) is 11.9 Å². The van der Waals surface area contributed by atoms with Gasteiger partial charge < -0.3 is 4.74 Å². The molecule has 7 heteroatoms. The number of aromatic nitrogens is 2. The highest BCUT2D eigenvalue weighted by Gasteiger charge is 2.12. The van der Waals surface area contributed by atoms with E-state index in [1.54, 1.807) is 24.3 Å². The fourth-order valence-corrected chi connectivity index (χ4v) is 3.11. The number of carbonyl (C=O) groups excluding carboxylic acids is 1. The zero-order valence-electron chi connectivity index (χ0n) is 13.5. The van der Waals surface area contributed by atoms with Gasteiger partial charge in [0.25, 0.3) is 5.91 Å². The third-order valence-electron chi connectivity index (χ3n) is 3.38. The first-order valence-corrected chi connectivity index (χ1v) is 8.89. The summed E-state index contributed by atoms with van der Waals surface area (Å²) in [6.45, 7) is 2.52. The van der Waals surface area contributed by atoms with E-state index in [0.29, 0.717) is 28.7 Å². The van der Waals surface area contributed by atoms with E-state index in [2.05, 4.69) is 15.5 Å². The van der Waals surface area contributed by atoms with Crippen LogP contribution in [-0.4, -0.2) is 22.7 Å². The smallest absolute Gasteiger partial charge is 0.259 e. The Hall–Kier alpha value is -2.44. The Bertz CT molecular complexity index is 882. The molecule has 1 N–H and O–H groups in total. The third kappa shape index (κ3) is 4.78. The lowest BCUT2D eigenvalue weighted by Crippen LogP contribution is -2.12. The molecule has 0 saturated heterocycles. The first-order chi connectivity index (χ1) is 12.1. The molecule has 0 bridgehead atoms. The van der Waals surface area contributed by atoms with E-state index in [0.717, 1.165) is 16.3 Å². The summed E-state index contributed by atoms with van der Waals surface area (Å²) in [5.41, 5.74) is 1.56. The molecule has 0 radical (unpaired) electrons. The van der Waals surface area contributed by atoms with Crippen LogP contribution in [0.15, 0.2) is 48.5 Å². The number of nitrogens with one attached hydrogen (secondary N) is 1. The van der Waals surface area contributed by atoms with Gasteiger partial charge in [0.05, 0.1) is 17.2 Å².